The summed E-state index contributed by atoms with van der Waals surface area (Å²) in [4.78, 5) is 15.7. The maximum Gasteiger partial charge on any atom is 0.252 e. The van der Waals surface area contributed by atoms with Gasteiger partial charge in [-0.1, -0.05) is 0 Å². The van der Waals surface area contributed by atoms with Crippen molar-refractivity contribution in [3.05, 3.63) is 28.5 Å². The number of amides is 1. The lowest BCUT2D eigenvalue weighted by Crippen LogP contribution is -2.43. The molecule has 1 aliphatic rings. The Hall–Kier alpha value is -0.980. The second kappa shape index (κ2) is 5.12. The van der Waals surface area contributed by atoms with E-state index in [2.05, 4.69) is 26.2 Å². The summed E-state index contributed by atoms with van der Waals surface area (Å²) in [5, 5.41) is 12.6. The van der Waals surface area contributed by atoms with Crippen molar-refractivity contribution in [2.75, 3.05) is 19.8 Å². The molecule has 1 saturated heterocycles. The molecule has 0 spiro atoms. The van der Waals surface area contributed by atoms with Crippen molar-refractivity contribution in [1.29, 1.82) is 0 Å². The van der Waals surface area contributed by atoms with Crippen LogP contribution in [0.25, 0.3) is 0 Å². The number of carbonyl (C=O) groups is 1. The van der Waals surface area contributed by atoms with Crippen LogP contribution in [-0.4, -0.2) is 41.4 Å². The highest BCUT2D eigenvalue weighted by molar-refractivity contribution is 9.10. The van der Waals surface area contributed by atoms with E-state index in [0.29, 0.717) is 23.2 Å². The van der Waals surface area contributed by atoms with Crippen molar-refractivity contribution in [3.8, 4) is 0 Å². The zero-order valence-electron chi connectivity index (χ0n) is 9.15. The second-order valence-corrected chi connectivity index (χ2v) is 4.89. The Labute approximate surface area is 107 Å². The molecular weight excluding hydrogens is 288 g/mol. The van der Waals surface area contributed by atoms with Crippen molar-refractivity contribution >= 4 is 21.8 Å². The van der Waals surface area contributed by atoms with Crippen LogP contribution in [0.3, 0.4) is 0 Å². The van der Waals surface area contributed by atoms with Crippen LogP contribution in [0.4, 0.5) is 0 Å². The van der Waals surface area contributed by atoms with Crippen molar-refractivity contribution in [1.82, 2.24) is 10.3 Å². The van der Waals surface area contributed by atoms with Crippen LogP contribution in [-0.2, 0) is 4.74 Å². The third kappa shape index (κ3) is 3.24. The molecule has 0 radical (unpaired) electrons. The Balaban J connectivity index is 1.91. The molecule has 92 valence electrons. The Bertz CT molecular complexity index is 402. The summed E-state index contributed by atoms with van der Waals surface area (Å²) in [5.74, 6) is -0.245. The van der Waals surface area contributed by atoms with Crippen molar-refractivity contribution in [2.24, 2.45) is 0 Å². The molecule has 6 heteroatoms. The molecule has 0 saturated carbocycles. The quantitative estimate of drug-likeness (QED) is 0.807. The number of carbonyl (C=O) groups excluding carboxylic acids is 1. The molecule has 17 heavy (non-hydrogen) atoms. The lowest BCUT2D eigenvalue weighted by atomic mass is 10.0. The van der Waals surface area contributed by atoms with Gasteiger partial charge in [0, 0.05) is 25.8 Å². The molecule has 0 aliphatic carbocycles. The van der Waals surface area contributed by atoms with Gasteiger partial charge < -0.3 is 15.2 Å². The minimum absolute atomic E-state index is 0.196. The molecule has 1 amide bonds. The van der Waals surface area contributed by atoms with Gasteiger partial charge in [0.1, 0.15) is 10.2 Å². The average molecular weight is 301 g/mol. The SMILES string of the molecule is O=C(NCC1(O)CCOC1)c1ccc(Br)nc1. The zero-order valence-corrected chi connectivity index (χ0v) is 10.7. The van der Waals surface area contributed by atoms with E-state index in [1.807, 2.05) is 0 Å². The first-order valence-electron chi connectivity index (χ1n) is 5.29. The van der Waals surface area contributed by atoms with E-state index in [4.69, 9.17) is 4.74 Å². The Kier molecular flexibility index (Phi) is 3.76. The molecule has 1 aromatic heterocycles. The molecule has 2 rings (SSSR count). The van der Waals surface area contributed by atoms with Crippen LogP contribution < -0.4 is 5.32 Å². The molecule has 5 nitrogen and oxygen atoms in total. The van der Waals surface area contributed by atoms with Crippen molar-refractivity contribution in [2.45, 2.75) is 12.0 Å². The predicted octanol–water partition coefficient (Wildman–Crippen LogP) is 0.725. The average Bonchev–Trinajstić information content (AvgIpc) is 2.75. The van der Waals surface area contributed by atoms with Gasteiger partial charge in [0.05, 0.1) is 12.2 Å². The van der Waals surface area contributed by atoms with Crippen molar-refractivity contribution in [3.63, 3.8) is 0 Å². The number of aromatic nitrogens is 1. The summed E-state index contributed by atoms with van der Waals surface area (Å²) in [7, 11) is 0. The summed E-state index contributed by atoms with van der Waals surface area (Å²) in [6.45, 7) is 1.000. The number of nitrogens with zero attached hydrogens (tertiary/aromatic N) is 1. The van der Waals surface area contributed by atoms with Gasteiger partial charge in [0.2, 0.25) is 0 Å². The van der Waals surface area contributed by atoms with Gasteiger partial charge in [-0.05, 0) is 28.1 Å². The summed E-state index contributed by atoms with van der Waals surface area (Å²) in [6.07, 6.45) is 2.03. The van der Waals surface area contributed by atoms with E-state index in [0.717, 1.165) is 0 Å². The largest absolute Gasteiger partial charge is 0.386 e. The van der Waals surface area contributed by atoms with E-state index in [-0.39, 0.29) is 19.1 Å². The summed E-state index contributed by atoms with van der Waals surface area (Å²) in [5.41, 5.74) is -0.464. The fraction of sp³-hybridized carbons (Fsp3) is 0.455. The fourth-order valence-electron chi connectivity index (χ4n) is 1.59. The van der Waals surface area contributed by atoms with Gasteiger partial charge in [-0.3, -0.25) is 4.79 Å². The molecular formula is C11H13BrN2O3. The fourth-order valence-corrected chi connectivity index (χ4v) is 1.83. The summed E-state index contributed by atoms with van der Waals surface area (Å²) < 4.78 is 5.77. The van der Waals surface area contributed by atoms with Gasteiger partial charge in [0.15, 0.2) is 0 Å². The molecule has 2 N–H and O–H groups in total. The van der Waals surface area contributed by atoms with Crippen LogP contribution in [0.2, 0.25) is 0 Å². The first-order valence-corrected chi connectivity index (χ1v) is 6.08. The Morgan fingerprint density at radius 2 is 2.47 bits per heavy atom. The lowest BCUT2D eigenvalue weighted by Gasteiger charge is -2.20. The molecule has 0 aromatic carbocycles. The molecule has 2 heterocycles. The minimum Gasteiger partial charge on any atom is -0.386 e. The Morgan fingerprint density at radius 1 is 1.65 bits per heavy atom. The number of hydrogen-bond acceptors (Lipinski definition) is 4. The highest BCUT2D eigenvalue weighted by atomic mass is 79.9. The van der Waals surface area contributed by atoms with Gasteiger partial charge >= 0.3 is 0 Å². The van der Waals surface area contributed by atoms with Crippen LogP contribution in [0.5, 0.6) is 0 Å². The van der Waals surface area contributed by atoms with E-state index in [9.17, 15) is 9.90 Å². The van der Waals surface area contributed by atoms with Gasteiger partial charge in [0.25, 0.3) is 5.91 Å². The molecule has 1 atom stereocenters. The topological polar surface area (TPSA) is 71.5 Å². The number of nitrogens with one attached hydrogen (secondary N) is 1. The monoisotopic (exact) mass is 300 g/mol. The number of halogens is 1. The number of pyridine rings is 1. The second-order valence-electron chi connectivity index (χ2n) is 4.08. The maximum atomic E-state index is 11.7. The smallest absolute Gasteiger partial charge is 0.252 e. The first-order chi connectivity index (χ1) is 8.09. The Morgan fingerprint density at radius 3 is 3.06 bits per heavy atom. The summed E-state index contributed by atoms with van der Waals surface area (Å²) >= 11 is 3.20. The van der Waals surface area contributed by atoms with E-state index < -0.39 is 5.60 Å². The lowest BCUT2D eigenvalue weighted by molar-refractivity contribution is 0.0264. The van der Waals surface area contributed by atoms with Gasteiger partial charge in [-0.15, -0.1) is 0 Å². The summed E-state index contributed by atoms with van der Waals surface area (Å²) in [6, 6.07) is 3.36. The third-order valence-electron chi connectivity index (χ3n) is 2.65. The molecule has 1 aliphatic heterocycles. The van der Waals surface area contributed by atoms with Crippen LogP contribution in [0.1, 0.15) is 16.8 Å². The number of hydrogen-bond donors (Lipinski definition) is 2. The van der Waals surface area contributed by atoms with Gasteiger partial charge in [-0.25, -0.2) is 4.98 Å². The highest BCUT2D eigenvalue weighted by Crippen LogP contribution is 2.17. The minimum atomic E-state index is -0.932. The zero-order chi connectivity index (χ0) is 12.3. The number of aliphatic hydroxyl groups is 1. The third-order valence-corrected chi connectivity index (χ3v) is 3.12. The first kappa shape index (κ1) is 12.5. The van der Waals surface area contributed by atoms with Crippen molar-refractivity contribution < 1.29 is 14.6 Å². The van der Waals surface area contributed by atoms with E-state index >= 15 is 0 Å². The predicted molar refractivity (Wildman–Crippen MR) is 64.7 cm³/mol. The maximum absolute atomic E-state index is 11.7. The van der Waals surface area contributed by atoms with E-state index in [1.165, 1.54) is 6.20 Å². The number of ether oxygens (including phenoxy) is 1. The molecule has 0 bridgehead atoms. The van der Waals surface area contributed by atoms with Crippen LogP contribution >= 0.6 is 15.9 Å². The van der Waals surface area contributed by atoms with E-state index in [1.54, 1.807) is 12.1 Å². The van der Waals surface area contributed by atoms with Crippen LogP contribution in [0, 0.1) is 0 Å². The van der Waals surface area contributed by atoms with Crippen LogP contribution in [0.15, 0.2) is 22.9 Å². The number of rotatable bonds is 3. The standard InChI is InChI=1S/C11H13BrN2O3/c12-9-2-1-8(5-13-9)10(15)14-6-11(16)3-4-17-7-11/h1-2,5,16H,3-4,6-7H2,(H,14,15). The van der Waals surface area contributed by atoms with Gasteiger partial charge in [-0.2, -0.15) is 0 Å². The molecule has 1 unspecified atom stereocenters. The molecule has 1 fully saturated rings. The highest BCUT2D eigenvalue weighted by Gasteiger charge is 2.32. The normalized spacial score (nSPS) is 23.6. The molecule has 1 aromatic rings.